The average molecular weight is 263 g/mol. The zero-order valence-electron chi connectivity index (χ0n) is 8.50. The Labute approximate surface area is 97.4 Å². The molecule has 0 aliphatic heterocycles. The van der Waals surface area contributed by atoms with Gasteiger partial charge in [-0.25, -0.2) is 0 Å². The summed E-state index contributed by atoms with van der Waals surface area (Å²) in [4.78, 5) is 0. The standard InChI is InChI=1S/C12H11BrN2/c1-15-12-8-10(4-2-3-7-13)5-6-11(12)9-14-15/h5-6,8-9H,3,7H2,1H3. The summed E-state index contributed by atoms with van der Waals surface area (Å²) in [5, 5.41) is 6.27. The van der Waals surface area contributed by atoms with Gasteiger partial charge >= 0.3 is 0 Å². The van der Waals surface area contributed by atoms with Gasteiger partial charge in [0.2, 0.25) is 0 Å². The van der Waals surface area contributed by atoms with E-state index in [1.54, 1.807) is 0 Å². The highest BCUT2D eigenvalue weighted by Crippen LogP contribution is 2.14. The minimum atomic E-state index is 0.878. The molecule has 0 spiro atoms. The van der Waals surface area contributed by atoms with Gasteiger partial charge in [-0.15, -0.1) is 0 Å². The molecular formula is C12H11BrN2. The van der Waals surface area contributed by atoms with E-state index in [9.17, 15) is 0 Å². The number of nitrogens with zero attached hydrogens (tertiary/aromatic N) is 2. The number of hydrogen-bond acceptors (Lipinski definition) is 1. The number of rotatable bonds is 1. The molecule has 0 fully saturated rings. The van der Waals surface area contributed by atoms with E-state index < -0.39 is 0 Å². The van der Waals surface area contributed by atoms with Crippen LogP contribution in [0.3, 0.4) is 0 Å². The zero-order chi connectivity index (χ0) is 10.7. The number of aryl methyl sites for hydroxylation is 1. The first-order valence-corrected chi connectivity index (χ1v) is 5.90. The number of hydrogen-bond donors (Lipinski definition) is 0. The molecule has 0 amide bonds. The predicted octanol–water partition coefficient (Wildman–Crippen LogP) is 2.71. The lowest BCUT2D eigenvalue weighted by molar-refractivity contribution is 0.797. The van der Waals surface area contributed by atoms with Crippen LogP contribution in [-0.2, 0) is 7.05 Å². The largest absolute Gasteiger partial charge is 0.268 e. The number of halogens is 1. The van der Waals surface area contributed by atoms with Gasteiger partial charge in [0.05, 0.1) is 11.7 Å². The molecule has 2 aromatic rings. The van der Waals surface area contributed by atoms with Crippen LogP contribution in [0.25, 0.3) is 10.9 Å². The molecule has 0 unspecified atom stereocenters. The van der Waals surface area contributed by atoms with Crippen molar-refractivity contribution in [1.82, 2.24) is 9.78 Å². The van der Waals surface area contributed by atoms with Crippen molar-refractivity contribution < 1.29 is 0 Å². The zero-order valence-corrected chi connectivity index (χ0v) is 10.1. The predicted molar refractivity (Wildman–Crippen MR) is 66.0 cm³/mol. The second kappa shape index (κ2) is 4.50. The van der Waals surface area contributed by atoms with Crippen LogP contribution in [0.15, 0.2) is 24.4 Å². The van der Waals surface area contributed by atoms with Gasteiger partial charge < -0.3 is 0 Å². The molecule has 2 nitrogen and oxygen atoms in total. The number of benzene rings is 1. The number of aromatic nitrogens is 2. The highest BCUT2D eigenvalue weighted by Gasteiger charge is 1.98. The topological polar surface area (TPSA) is 17.8 Å². The van der Waals surface area contributed by atoms with Gasteiger partial charge in [-0.05, 0) is 18.2 Å². The molecular weight excluding hydrogens is 252 g/mol. The third-order valence-electron chi connectivity index (χ3n) is 2.20. The molecule has 0 atom stereocenters. The molecule has 1 aromatic carbocycles. The first kappa shape index (κ1) is 10.3. The maximum atomic E-state index is 4.19. The lowest BCUT2D eigenvalue weighted by Crippen LogP contribution is -1.88. The summed E-state index contributed by atoms with van der Waals surface area (Å²) in [6.45, 7) is 0. The molecule has 15 heavy (non-hydrogen) atoms. The quantitative estimate of drug-likeness (QED) is 0.571. The first-order valence-electron chi connectivity index (χ1n) is 4.78. The maximum absolute atomic E-state index is 4.19. The Kier molecular flexibility index (Phi) is 3.08. The fourth-order valence-corrected chi connectivity index (χ4v) is 1.63. The molecule has 1 heterocycles. The summed E-state index contributed by atoms with van der Waals surface area (Å²) in [5.74, 6) is 6.23. The van der Waals surface area contributed by atoms with Crippen molar-refractivity contribution in [1.29, 1.82) is 0 Å². The molecule has 3 heteroatoms. The number of alkyl halides is 1. The fraction of sp³-hybridized carbons (Fsp3) is 0.250. The monoisotopic (exact) mass is 262 g/mol. The van der Waals surface area contributed by atoms with Crippen molar-refractivity contribution in [2.45, 2.75) is 6.42 Å². The minimum absolute atomic E-state index is 0.878. The molecule has 0 aliphatic rings. The van der Waals surface area contributed by atoms with Gasteiger partial charge in [-0.1, -0.05) is 27.8 Å². The average Bonchev–Trinajstić information content (AvgIpc) is 2.61. The molecule has 0 aliphatic carbocycles. The summed E-state index contributed by atoms with van der Waals surface area (Å²) in [7, 11) is 1.94. The van der Waals surface area contributed by atoms with E-state index in [4.69, 9.17) is 0 Å². The van der Waals surface area contributed by atoms with Crippen LogP contribution in [-0.4, -0.2) is 15.1 Å². The van der Waals surface area contributed by atoms with Crippen molar-refractivity contribution in [3.8, 4) is 11.8 Å². The molecule has 0 radical (unpaired) electrons. The van der Waals surface area contributed by atoms with Gasteiger partial charge in [0.1, 0.15) is 0 Å². The van der Waals surface area contributed by atoms with Crippen LogP contribution in [0.1, 0.15) is 12.0 Å². The van der Waals surface area contributed by atoms with Crippen LogP contribution < -0.4 is 0 Å². The Bertz CT molecular complexity index is 531. The SMILES string of the molecule is Cn1ncc2ccc(C#CCCBr)cc21. The third-order valence-corrected chi connectivity index (χ3v) is 2.60. The summed E-state index contributed by atoms with van der Waals surface area (Å²) < 4.78 is 1.87. The van der Waals surface area contributed by atoms with Crippen LogP contribution in [0.2, 0.25) is 0 Å². The Morgan fingerprint density at radius 2 is 2.33 bits per heavy atom. The highest BCUT2D eigenvalue weighted by atomic mass is 79.9. The number of fused-ring (bicyclic) bond motifs is 1. The normalized spacial score (nSPS) is 10.0. The van der Waals surface area contributed by atoms with E-state index in [-0.39, 0.29) is 0 Å². The van der Waals surface area contributed by atoms with Crippen molar-refractivity contribution in [2.24, 2.45) is 7.05 Å². The van der Waals surface area contributed by atoms with E-state index in [0.29, 0.717) is 0 Å². The molecule has 76 valence electrons. The lowest BCUT2D eigenvalue weighted by atomic mass is 10.1. The summed E-state index contributed by atoms with van der Waals surface area (Å²) in [6, 6.07) is 6.16. The molecule has 1 aromatic heterocycles. The summed E-state index contributed by atoms with van der Waals surface area (Å²) in [5.41, 5.74) is 2.17. The maximum Gasteiger partial charge on any atom is 0.0691 e. The highest BCUT2D eigenvalue weighted by molar-refractivity contribution is 9.09. The van der Waals surface area contributed by atoms with Gasteiger partial charge in [0, 0.05) is 29.7 Å². The molecule has 2 rings (SSSR count). The summed E-state index contributed by atoms with van der Waals surface area (Å²) >= 11 is 3.35. The van der Waals surface area contributed by atoms with Crippen molar-refractivity contribution in [3.05, 3.63) is 30.0 Å². The van der Waals surface area contributed by atoms with Crippen LogP contribution >= 0.6 is 15.9 Å². The van der Waals surface area contributed by atoms with Gasteiger partial charge in [-0.2, -0.15) is 5.10 Å². The van der Waals surface area contributed by atoms with Gasteiger partial charge in [-0.3, -0.25) is 4.68 Å². The second-order valence-corrected chi connectivity index (χ2v) is 4.08. The van der Waals surface area contributed by atoms with Gasteiger partial charge in [0.25, 0.3) is 0 Å². The van der Waals surface area contributed by atoms with E-state index in [1.807, 2.05) is 24.0 Å². The Balaban J connectivity index is 2.38. The molecule has 0 bridgehead atoms. The molecule has 0 N–H and O–H groups in total. The Morgan fingerprint density at radius 1 is 1.47 bits per heavy atom. The molecule has 0 saturated carbocycles. The minimum Gasteiger partial charge on any atom is -0.268 e. The fourth-order valence-electron chi connectivity index (χ4n) is 1.43. The Morgan fingerprint density at radius 3 is 3.13 bits per heavy atom. The van der Waals surface area contributed by atoms with Crippen LogP contribution in [0, 0.1) is 11.8 Å². The summed E-state index contributed by atoms with van der Waals surface area (Å²) in [6.07, 6.45) is 2.74. The molecule has 0 saturated heterocycles. The van der Waals surface area contributed by atoms with Crippen molar-refractivity contribution in [3.63, 3.8) is 0 Å². The van der Waals surface area contributed by atoms with Crippen LogP contribution in [0.5, 0.6) is 0 Å². The lowest BCUT2D eigenvalue weighted by Gasteiger charge is -1.94. The van der Waals surface area contributed by atoms with Gasteiger partial charge in [0.15, 0.2) is 0 Å². The third kappa shape index (κ3) is 2.21. The van der Waals surface area contributed by atoms with E-state index in [1.165, 1.54) is 0 Å². The van der Waals surface area contributed by atoms with Crippen LogP contribution in [0.4, 0.5) is 0 Å². The van der Waals surface area contributed by atoms with Crippen molar-refractivity contribution in [2.75, 3.05) is 5.33 Å². The van der Waals surface area contributed by atoms with Crippen molar-refractivity contribution >= 4 is 26.8 Å². The Hall–Kier alpha value is -1.27. The second-order valence-electron chi connectivity index (χ2n) is 3.28. The van der Waals surface area contributed by atoms with E-state index in [2.05, 4.69) is 45.0 Å². The first-order chi connectivity index (χ1) is 7.31. The smallest absolute Gasteiger partial charge is 0.0691 e. The van der Waals surface area contributed by atoms with E-state index >= 15 is 0 Å². The van der Waals surface area contributed by atoms with E-state index in [0.717, 1.165) is 28.2 Å².